The van der Waals surface area contributed by atoms with Crippen molar-refractivity contribution in [3.05, 3.63) is 46.1 Å². The van der Waals surface area contributed by atoms with Gasteiger partial charge < -0.3 is 15.2 Å². The number of ether oxygens (including phenoxy) is 2. The molecule has 1 aliphatic heterocycles. The first-order valence-corrected chi connectivity index (χ1v) is 11.2. The Morgan fingerprint density at radius 3 is 2.56 bits per heavy atom. The molecule has 0 bridgehead atoms. The molecule has 2 amide bonds. The van der Waals surface area contributed by atoms with Gasteiger partial charge >= 0.3 is 11.9 Å². The first-order chi connectivity index (χ1) is 16.3. The molecule has 4 rings (SSSR count). The summed E-state index contributed by atoms with van der Waals surface area (Å²) in [5, 5.41) is 1.72. The number of nitrogens with one attached hydrogen (secondary N) is 1. The highest BCUT2D eigenvalue weighted by Gasteiger charge is 2.25. The molecule has 12 heteroatoms. The van der Waals surface area contributed by atoms with Crippen molar-refractivity contribution < 1.29 is 28.7 Å². The fourth-order valence-electron chi connectivity index (χ4n) is 3.42. The monoisotopic (exact) mass is 483 g/mol. The number of rotatable bonds is 6. The van der Waals surface area contributed by atoms with Crippen LogP contribution >= 0.6 is 11.3 Å². The van der Waals surface area contributed by atoms with E-state index in [0.29, 0.717) is 26.3 Å². The van der Waals surface area contributed by atoms with Crippen LogP contribution in [0.25, 0.3) is 10.2 Å². The van der Waals surface area contributed by atoms with Crippen LogP contribution in [0.4, 0.5) is 11.5 Å². The van der Waals surface area contributed by atoms with Gasteiger partial charge in [0.2, 0.25) is 11.8 Å². The van der Waals surface area contributed by atoms with Crippen molar-refractivity contribution in [2.45, 2.75) is 33.3 Å². The Labute approximate surface area is 197 Å². The van der Waals surface area contributed by atoms with Gasteiger partial charge in [-0.05, 0) is 43.7 Å². The number of esters is 2. The van der Waals surface area contributed by atoms with Crippen molar-refractivity contribution in [2.75, 3.05) is 17.3 Å². The van der Waals surface area contributed by atoms with E-state index in [4.69, 9.17) is 15.2 Å². The number of nitrogens with zero attached hydrogens (tertiary/aromatic N) is 3. The Kier molecular flexibility index (Phi) is 6.41. The number of hydrogen-bond acceptors (Lipinski definition) is 10. The number of aryl methyl sites for hydroxylation is 1. The third-order valence-electron chi connectivity index (χ3n) is 5.07. The third-order valence-corrected chi connectivity index (χ3v) is 6.24. The fraction of sp³-hybridized carbons (Fsp3) is 0.273. The molecular weight excluding hydrogens is 462 g/mol. The molecule has 0 atom stereocenters. The van der Waals surface area contributed by atoms with Gasteiger partial charge in [0.15, 0.2) is 12.4 Å². The second-order valence-corrected chi connectivity index (χ2v) is 8.37. The standard InChI is InChI=1S/C22H21N5O6S/c1-3-32-22(31)18-11(2)17-19(23)24-14(25-20(17)34-18)10-33-21(30)12-4-6-13(7-5-12)27-16(29)9-8-15(28)26-27/h4-7H,3,8-10H2,1-2H3,(H,26,28)(H2,23,24,25). The predicted molar refractivity (Wildman–Crippen MR) is 123 cm³/mol. The first kappa shape index (κ1) is 23.1. The van der Waals surface area contributed by atoms with E-state index in [9.17, 15) is 19.2 Å². The quantitative estimate of drug-likeness (QED) is 0.503. The van der Waals surface area contributed by atoms with Crippen LogP contribution in [-0.4, -0.2) is 40.3 Å². The maximum atomic E-state index is 12.5. The summed E-state index contributed by atoms with van der Waals surface area (Å²) in [6.45, 7) is 3.49. The SMILES string of the molecule is CCOC(=O)c1sc2nc(COC(=O)c3ccc(N4NC(=O)CCC4=O)cc3)nc(N)c2c1C. The van der Waals surface area contributed by atoms with Crippen molar-refractivity contribution in [1.82, 2.24) is 15.4 Å². The number of benzene rings is 1. The Bertz CT molecular complexity index is 1300. The molecule has 3 aromatic rings. The first-order valence-electron chi connectivity index (χ1n) is 10.4. The molecule has 0 saturated carbocycles. The summed E-state index contributed by atoms with van der Waals surface area (Å²) >= 11 is 1.14. The summed E-state index contributed by atoms with van der Waals surface area (Å²) in [5.74, 6) is -1.21. The van der Waals surface area contributed by atoms with Gasteiger partial charge in [0.25, 0.3) is 0 Å². The summed E-state index contributed by atoms with van der Waals surface area (Å²) in [4.78, 5) is 57.6. The maximum Gasteiger partial charge on any atom is 0.348 e. The number of hydrogen-bond donors (Lipinski definition) is 2. The summed E-state index contributed by atoms with van der Waals surface area (Å²) in [6.07, 6.45) is 0.265. The van der Waals surface area contributed by atoms with E-state index in [-0.39, 0.29) is 55.1 Å². The van der Waals surface area contributed by atoms with Gasteiger partial charge in [-0.15, -0.1) is 11.3 Å². The van der Waals surface area contributed by atoms with Crippen molar-refractivity contribution in [1.29, 1.82) is 0 Å². The van der Waals surface area contributed by atoms with E-state index < -0.39 is 11.9 Å². The average molecular weight is 484 g/mol. The van der Waals surface area contributed by atoms with E-state index in [1.165, 1.54) is 24.3 Å². The van der Waals surface area contributed by atoms with E-state index in [0.717, 1.165) is 16.3 Å². The zero-order valence-corrected chi connectivity index (χ0v) is 19.2. The number of nitrogen functional groups attached to an aromatic ring is 1. The molecule has 1 fully saturated rings. The molecular formula is C22H21N5O6S. The van der Waals surface area contributed by atoms with Gasteiger partial charge in [0.1, 0.15) is 15.5 Å². The van der Waals surface area contributed by atoms with E-state index in [2.05, 4.69) is 15.4 Å². The lowest BCUT2D eigenvalue weighted by Gasteiger charge is -2.27. The van der Waals surface area contributed by atoms with Gasteiger partial charge in [-0.1, -0.05) is 0 Å². The van der Waals surface area contributed by atoms with Gasteiger partial charge in [-0.3, -0.25) is 15.0 Å². The molecule has 2 aromatic heterocycles. The van der Waals surface area contributed by atoms with Crippen LogP contribution in [0.3, 0.4) is 0 Å². The number of carbonyl (C=O) groups excluding carboxylic acids is 4. The van der Waals surface area contributed by atoms with Gasteiger partial charge in [0, 0.05) is 12.8 Å². The highest BCUT2D eigenvalue weighted by Crippen LogP contribution is 2.33. The molecule has 34 heavy (non-hydrogen) atoms. The number of aromatic nitrogens is 2. The van der Waals surface area contributed by atoms with Gasteiger partial charge in [-0.2, -0.15) is 0 Å². The van der Waals surface area contributed by atoms with E-state index in [1.807, 2.05) is 0 Å². The summed E-state index contributed by atoms with van der Waals surface area (Å²) in [7, 11) is 0. The summed E-state index contributed by atoms with van der Waals surface area (Å²) in [6, 6.07) is 6.04. The molecule has 0 aliphatic carbocycles. The van der Waals surface area contributed by atoms with Crippen LogP contribution in [0.15, 0.2) is 24.3 Å². The molecule has 0 spiro atoms. The predicted octanol–water partition coefficient (Wildman–Crippen LogP) is 2.27. The van der Waals surface area contributed by atoms with Crippen LogP contribution in [0, 0.1) is 6.92 Å². The minimum atomic E-state index is -0.627. The van der Waals surface area contributed by atoms with Crippen molar-refractivity contribution in [3.63, 3.8) is 0 Å². The topological polar surface area (TPSA) is 154 Å². The largest absolute Gasteiger partial charge is 0.462 e. The lowest BCUT2D eigenvalue weighted by atomic mass is 10.2. The lowest BCUT2D eigenvalue weighted by molar-refractivity contribution is -0.130. The zero-order chi connectivity index (χ0) is 24.4. The molecule has 176 valence electrons. The zero-order valence-electron chi connectivity index (χ0n) is 18.4. The Morgan fingerprint density at radius 1 is 1.12 bits per heavy atom. The normalized spacial score (nSPS) is 13.6. The lowest BCUT2D eigenvalue weighted by Crippen LogP contribution is -2.50. The average Bonchev–Trinajstić information content (AvgIpc) is 3.16. The molecule has 1 saturated heterocycles. The number of hydrazine groups is 1. The van der Waals surface area contributed by atoms with E-state index >= 15 is 0 Å². The molecule has 0 radical (unpaired) electrons. The summed E-state index contributed by atoms with van der Waals surface area (Å²) < 4.78 is 10.4. The minimum absolute atomic E-state index is 0.119. The van der Waals surface area contributed by atoms with Crippen molar-refractivity contribution in [3.8, 4) is 0 Å². The number of amides is 2. The second kappa shape index (κ2) is 9.43. The van der Waals surface area contributed by atoms with E-state index in [1.54, 1.807) is 13.8 Å². The molecule has 1 aromatic carbocycles. The smallest absolute Gasteiger partial charge is 0.348 e. The van der Waals surface area contributed by atoms with Gasteiger partial charge in [0.05, 0.1) is 23.2 Å². The number of nitrogens with two attached hydrogens (primary N) is 1. The Balaban J connectivity index is 1.46. The van der Waals surface area contributed by atoms with Crippen LogP contribution in [-0.2, 0) is 25.7 Å². The molecule has 3 N–H and O–H groups in total. The number of thiophene rings is 1. The number of carbonyl (C=O) groups is 4. The number of anilines is 2. The van der Waals surface area contributed by atoms with Crippen LogP contribution in [0.1, 0.15) is 51.2 Å². The maximum absolute atomic E-state index is 12.5. The van der Waals surface area contributed by atoms with Crippen LogP contribution < -0.4 is 16.2 Å². The second-order valence-electron chi connectivity index (χ2n) is 7.37. The Morgan fingerprint density at radius 2 is 1.85 bits per heavy atom. The molecule has 3 heterocycles. The highest BCUT2D eigenvalue weighted by atomic mass is 32.1. The van der Waals surface area contributed by atoms with Gasteiger partial charge in [-0.25, -0.2) is 24.6 Å². The summed E-state index contributed by atoms with van der Waals surface area (Å²) in [5.41, 5.74) is 9.88. The van der Waals surface area contributed by atoms with Crippen LogP contribution in [0.2, 0.25) is 0 Å². The molecule has 11 nitrogen and oxygen atoms in total. The molecule has 1 aliphatic rings. The Hall–Kier alpha value is -4.06. The third kappa shape index (κ3) is 4.53. The highest BCUT2D eigenvalue weighted by molar-refractivity contribution is 7.20. The fourth-order valence-corrected chi connectivity index (χ4v) is 4.52. The minimum Gasteiger partial charge on any atom is -0.462 e. The van der Waals surface area contributed by atoms with Crippen LogP contribution in [0.5, 0.6) is 0 Å². The molecule has 0 unspecified atom stereocenters. The van der Waals surface area contributed by atoms with Crippen molar-refractivity contribution in [2.24, 2.45) is 0 Å². The van der Waals surface area contributed by atoms with Crippen molar-refractivity contribution >= 4 is 56.8 Å². The number of fused-ring (bicyclic) bond motifs is 1.